The van der Waals surface area contributed by atoms with Gasteiger partial charge in [0.2, 0.25) is 0 Å². The van der Waals surface area contributed by atoms with Gasteiger partial charge in [-0.3, -0.25) is 4.79 Å². The van der Waals surface area contributed by atoms with E-state index < -0.39 is 0 Å². The van der Waals surface area contributed by atoms with Crippen LogP contribution in [0.15, 0.2) is 0 Å². The molecule has 0 spiro atoms. The van der Waals surface area contributed by atoms with Crippen molar-refractivity contribution in [2.24, 2.45) is 0 Å². The second-order valence-electron chi connectivity index (χ2n) is 6.17. The summed E-state index contributed by atoms with van der Waals surface area (Å²) in [6, 6.07) is 0. The molecule has 96 valence electrons. The Bertz CT molecular complexity index is 312. The topological polar surface area (TPSA) is 29.6 Å². The summed E-state index contributed by atoms with van der Waals surface area (Å²) in [6.45, 7) is 0. The summed E-state index contributed by atoms with van der Waals surface area (Å²) >= 11 is 0. The zero-order chi connectivity index (χ0) is 11.8. The maximum atomic E-state index is 12.1. The van der Waals surface area contributed by atoms with Gasteiger partial charge in [-0.2, -0.15) is 0 Å². The van der Waals surface area contributed by atoms with Gasteiger partial charge < -0.3 is 4.74 Å². The van der Waals surface area contributed by atoms with Crippen molar-refractivity contribution in [3.8, 4) is 0 Å². The van der Waals surface area contributed by atoms with E-state index in [9.17, 15) is 4.79 Å². The highest BCUT2D eigenvalue weighted by atomic mass is 16.6. The predicted molar refractivity (Wildman–Crippen MR) is 67.0 cm³/mol. The largest absolute Gasteiger partial charge is 0.354 e. The molecule has 0 amide bonds. The summed E-state index contributed by atoms with van der Waals surface area (Å²) in [7, 11) is 0. The zero-order valence-electron chi connectivity index (χ0n) is 10.8. The SMILES string of the molecule is O=C1CCC23CCCCCCCCCCC12O3. The molecule has 2 saturated carbocycles. The van der Waals surface area contributed by atoms with E-state index in [4.69, 9.17) is 4.74 Å². The molecule has 0 aromatic rings. The molecular weight excluding hydrogens is 212 g/mol. The van der Waals surface area contributed by atoms with Crippen LogP contribution in [0.2, 0.25) is 0 Å². The maximum absolute atomic E-state index is 12.1. The molecule has 2 heteroatoms. The molecule has 1 heterocycles. The molecule has 17 heavy (non-hydrogen) atoms. The van der Waals surface area contributed by atoms with Crippen molar-refractivity contribution >= 4 is 5.78 Å². The van der Waals surface area contributed by atoms with E-state index in [0.29, 0.717) is 5.78 Å². The van der Waals surface area contributed by atoms with Gasteiger partial charge in [0.25, 0.3) is 0 Å². The zero-order valence-corrected chi connectivity index (χ0v) is 10.8. The fourth-order valence-corrected chi connectivity index (χ4v) is 4.03. The molecule has 2 unspecified atom stereocenters. The van der Waals surface area contributed by atoms with Crippen molar-refractivity contribution in [1.82, 2.24) is 0 Å². The van der Waals surface area contributed by atoms with Gasteiger partial charge in [-0.1, -0.05) is 44.9 Å². The molecule has 0 N–H and O–H groups in total. The maximum Gasteiger partial charge on any atom is 0.167 e. The summed E-state index contributed by atoms with van der Waals surface area (Å²) in [5.41, 5.74) is -0.296. The number of ether oxygens (including phenoxy) is 1. The lowest BCUT2D eigenvalue weighted by Crippen LogP contribution is -2.26. The molecule has 0 aromatic carbocycles. The summed E-state index contributed by atoms with van der Waals surface area (Å²) in [4.78, 5) is 12.1. The molecular formula is C15H24O2. The molecule has 2 aliphatic carbocycles. The van der Waals surface area contributed by atoms with Crippen LogP contribution in [0.5, 0.6) is 0 Å². The molecule has 3 rings (SSSR count). The van der Waals surface area contributed by atoms with E-state index in [1.807, 2.05) is 0 Å². The van der Waals surface area contributed by atoms with Crippen LogP contribution in [-0.2, 0) is 9.53 Å². The van der Waals surface area contributed by atoms with Gasteiger partial charge in [0.05, 0.1) is 0 Å². The second kappa shape index (κ2) is 4.38. The first kappa shape index (κ1) is 11.7. The van der Waals surface area contributed by atoms with Crippen LogP contribution in [0.25, 0.3) is 0 Å². The van der Waals surface area contributed by atoms with Crippen molar-refractivity contribution in [3.63, 3.8) is 0 Å². The van der Waals surface area contributed by atoms with E-state index in [2.05, 4.69) is 0 Å². The Morgan fingerprint density at radius 3 is 2.06 bits per heavy atom. The first-order valence-electron chi connectivity index (χ1n) is 7.53. The lowest BCUT2D eigenvalue weighted by atomic mass is 9.85. The molecule has 3 aliphatic rings. The van der Waals surface area contributed by atoms with Gasteiger partial charge in [0.1, 0.15) is 5.60 Å². The molecule has 2 nitrogen and oxygen atoms in total. The van der Waals surface area contributed by atoms with Crippen LogP contribution >= 0.6 is 0 Å². The lowest BCUT2D eigenvalue weighted by molar-refractivity contribution is -0.124. The normalized spacial score (nSPS) is 43.2. The van der Waals surface area contributed by atoms with E-state index >= 15 is 0 Å². The Morgan fingerprint density at radius 1 is 0.765 bits per heavy atom. The van der Waals surface area contributed by atoms with Crippen LogP contribution in [-0.4, -0.2) is 17.0 Å². The number of Topliss-reactive ketones (excluding diaryl/α,β-unsaturated/α-hetero) is 1. The Labute approximate surface area is 104 Å². The predicted octanol–water partition coefficient (Wildman–Crippen LogP) is 3.77. The summed E-state index contributed by atoms with van der Waals surface area (Å²) in [6.07, 6.45) is 14.5. The van der Waals surface area contributed by atoms with Crippen molar-refractivity contribution in [1.29, 1.82) is 0 Å². The van der Waals surface area contributed by atoms with Crippen LogP contribution in [0.1, 0.15) is 77.0 Å². The fraction of sp³-hybridized carbons (Fsp3) is 0.933. The third-order valence-corrected chi connectivity index (χ3v) is 5.13. The van der Waals surface area contributed by atoms with Crippen molar-refractivity contribution in [2.75, 3.05) is 0 Å². The van der Waals surface area contributed by atoms with Crippen molar-refractivity contribution < 1.29 is 9.53 Å². The minimum absolute atomic E-state index is 0.00325. The first-order valence-corrected chi connectivity index (χ1v) is 7.53. The molecule has 1 aliphatic heterocycles. The minimum atomic E-state index is -0.299. The average Bonchev–Trinajstić information content (AvgIpc) is 2.89. The van der Waals surface area contributed by atoms with Gasteiger partial charge in [0, 0.05) is 6.42 Å². The summed E-state index contributed by atoms with van der Waals surface area (Å²) < 4.78 is 6.00. The highest BCUT2D eigenvalue weighted by Crippen LogP contribution is 2.62. The average molecular weight is 236 g/mol. The Morgan fingerprint density at radius 2 is 1.35 bits per heavy atom. The summed E-state index contributed by atoms with van der Waals surface area (Å²) in [5, 5.41) is 0. The summed E-state index contributed by atoms with van der Waals surface area (Å²) in [5.74, 6) is 0.412. The van der Waals surface area contributed by atoms with Crippen LogP contribution in [0.4, 0.5) is 0 Å². The Balaban J connectivity index is 1.67. The number of ketones is 1. The molecule has 1 saturated heterocycles. The number of carbonyl (C=O) groups excluding carboxylic acids is 1. The van der Waals surface area contributed by atoms with Crippen molar-refractivity contribution in [2.45, 2.75) is 88.3 Å². The monoisotopic (exact) mass is 236 g/mol. The number of hydrogen-bond acceptors (Lipinski definition) is 2. The van der Waals surface area contributed by atoms with Crippen LogP contribution in [0, 0.1) is 0 Å². The van der Waals surface area contributed by atoms with E-state index in [1.54, 1.807) is 0 Å². The lowest BCUT2D eigenvalue weighted by Gasteiger charge is -2.12. The smallest absolute Gasteiger partial charge is 0.167 e. The molecule has 2 atom stereocenters. The van der Waals surface area contributed by atoms with Crippen LogP contribution < -0.4 is 0 Å². The molecule has 0 bridgehead atoms. The number of hydrogen-bond donors (Lipinski definition) is 0. The molecule has 0 radical (unpaired) electrons. The fourth-order valence-electron chi connectivity index (χ4n) is 4.03. The third-order valence-electron chi connectivity index (χ3n) is 5.13. The van der Waals surface area contributed by atoms with E-state index in [-0.39, 0.29) is 11.2 Å². The van der Waals surface area contributed by atoms with Gasteiger partial charge in [-0.25, -0.2) is 0 Å². The first-order chi connectivity index (χ1) is 8.29. The highest BCUT2D eigenvalue weighted by Gasteiger charge is 2.75. The van der Waals surface area contributed by atoms with Gasteiger partial charge in [0.15, 0.2) is 11.4 Å². The molecule has 0 aromatic heterocycles. The van der Waals surface area contributed by atoms with E-state index in [1.165, 1.54) is 51.4 Å². The quantitative estimate of drug-likeness (QED) is 0.599. The van der Waals surface area contributed by atoms with Gasteiger partial charge in [-0.15, -0.1) is 0 Å². The second-order valence-corrected chi connectivity index (χ2v) is 6.17. The minimum Gasteiger partial charge on any atom is -0.354 e. The Hall–Kier alpha value is -0.370. The number of rotatable bonds is 0. The van der Waals surface area contributed by atoms with Gasteiger partial charge in [-0.05, 0) is 25.7 Å². The standard InChI is InChI=1S/C15H24O2/c16-13-9-12-14-10-7-5-3-1-2-4-6-8-11-15(13,14)17-14/h1-12H2. The number of epoxide rings is 1. The Kier molecular flexibility index (Phi) is 3.02. The molecule has 3 fully saturated rings. The highest BCUT2D eigenvalue weighted by molar-refractivity contribution is 5.94. The van der Waals surface area contributed by atoms with Crippen molar-refractivity contribution in [3.05, 3.63) is 0 Å². The van der Waals surface area contributed by atoms with Crippen LogP contribution in [0.3, 0.4) is 0 Å². The van der Waals surface area contributed by atoms with E-state index in [0.717, 1.165) is 25.7 Å². The van der Waals surface area contributed by atoms with Gasteiger partial charge >= 0.3 is 0 Å². The number of carbonyl (C=O) groups is 1. The third kappa shape index (κ3) is 1.85.